The second kappa shape index (κ2) is 14.0. The number of carbonyl (C=O) groups excluding carboxylic acids is 1. The number of anilines is 1. The van der Waals surface area contributed by atoms with Gasteiger partial charge in [0.1, 0.15) is 0 Å². The maximum Gasteiger partial charge on any atom is 0.254 e. The van der Waals surface area contributed by atoms with Crippen molar-refractivity contribution in [3.8, 4) is 17.2 Å². The molecule has 1 N–H and O–H groups in total. The third-order valence-corrected chi connectivity index (χ3v) is 9.41. The van der Waals surface area contributed by atoms with Crippen molar-refractivity contribution >= 4 is 38.5 Å². The lowest BCUT2D eigenvalue weighted by Crippen LogP contribution is -2.48. The molecule has 2 atom stereocenters. The Kier molecular flexibility index (Phi) is 10.2. The normalized spacial score (nSPS) is 18.6. The summed E-state index contributed by atoms with van der Waals surface area (Å²) in [5, 5.41) is 4.42. The third kappa shape index (κ3) is 6.99. The van der Waals surface area contributed by atoms with E-state index in [2.05, 4.69) is 66.6 Å². The van der Waals surface area contributed by atoms with Crippen molar-refractivity contribution in [1.82, 2.24) is 24.1 Å². The first-order valence-corrected chi connectivity index (χ1v) is 15.9. The summed E-state index contributed by atoms with van der Waals surface area (Å²) in [6, 6.07) is 12.9. The molecule has 42 heavy (non-hydrogen) atoms. The molecule has 3 aromatic rings. The van der Waals surface area contributed by atoms with Crippen LogP contribution in [0, 0.1) is 0 Å². The van der Waals surface area contributed by atoms with Gasteiger partial charge >= 0.3 is 0 Å². The van der Waals surface area contributed by atoms with Gasteiger partial charge in [-0.2, -0.15) is 4.37 Å². The molecule has 0 saturated carbocycles. The molecule has 0 aliphatic carbocycles. The van der Waals surface area contributed by atoms with Crippen LogP contribution in [0.2, 0.25) is 0 Å². The molecule has 0 unspecified atom stereocenters. The van der Waals surface area contributed by atoms with Crippen molar-refractivity contribution in [1.29, 1.82) is 0 Å². The van der Waals surface area contributed by atoms with E-state index in [-0.39, 0.29) is 5.91 Å². The van der Waals surface area contributed by atoms with Crippen LogP contribution >= 0.6 is 27.5 Å². The Balaban J connectivity index is 1.11. The molecule has 10 nitrogen and oxygen atoms in total. The number of ether oxygens (including phenoxy) is 3. The van der Waals surface area contributed by atoms with Gasteiger partial charge in [0.05, 0.1) is 27.9 Å². The number of piperazine rings is 1. The number of hydrogen-bond donors (Lipinski definition) is 1. The molecule has 2 aliphatic heterocycles. The van der Waals surface area contributed by atoms with Crippen LogP contribution in [0.4, 0.5) is 5.13 Å². The largest absolute Gasteiger partial charge is 0.493 e. The molecular weight excluding hydrogens is 620 g/mol. The van der Waals surface area contributed by atoms with Crippen LogP contribution in [0.3, 0.4) is 0 Å². The lowest BCUT2D eigenvalue weighted by molar-refractivity contribution is 0.0625. The first-order chi connectivity index (χ1) is 20.4. The fraction of sp³-hybridized carbons (Fsp3) is 0.500. The summed E-state index contributed by atoms with van der Waals surface area (Å²) >= 11 is 4.96. The quantitative estimate of drug-likeness (QED) is 0.308. The van der Waals surface area contributed by atoms with Crippen LogP contribution in [0.15, 0.2) is 40.9 Å². The van der Waals surface area contributed by atoms with E-state index in [1.54, 1.807) is 33.5 Å². The number of carbonyl (C=O) groups is 1. The second-order valence-corrected chi connectivity index (χ2v) is 12.3. The molecule has 1 aromatic heterocycles. The lowest BCUT2D eigenvalue weighted by Gasteiger charge is -2.34. The van der Waals surface area contributed by atoms with Crippen LogP contribution in [-0.4, -0.2) is 96.6 Å². The first kappa shape index (κ1) is 30.5. The molecule has 2 aliphatic rings. The molecule has 226 valence electrons. The fourth-order valence-electron chi connectivity index (χ4n) is 5.81. The Morgan fingerprint density at radius 2 is 1.74 bits per heavy atom. The molecule has 2 saturated heterocycles. The van der Waals surface area contributed by atoms with Crippen molar-refractivity contribution in [2.24, 2.45) is 0 Å². The maximum absolute atomic E-state index is 13.3. The van der Waals surface area contributed by atoms with Crippen molar-refractivity contribution < 1.29 is 19.0 Å². The van der Waals surface area contributed by atoms with E-state index in [0.717, 1.165) is 41.6 Å². The highest BCUT2D eigenvalue weighted by atomic mass is 79.9. The van der Waals surface area contributed by atoms with E-state index in [9.17, 15) is 4.79 Å². The van der Waals surface area contributed by atoms with Gasteiger partial charge in [0.2, 0.25) is 10.9 Å². The molecule has 5 rings (SSSR count). The first-order valence-electron chi connectivity index (χ1n) is 14.3. The SMILES string of the molecule is COc1cc(C(=O)N2CCN(Cc3nsc(NC[C@@H]4CCCN4[C@@H](C)c4ccc(Br)cc4)n3)CC2)cc(OC)c1OC. The molecular formula is C30H39BrN6O4S. The molecule has 2 aromatic carbocycles. The Morgan fingerprint density at radius 3 is 2.38 bits per heavy atom. The van der Waals surface area contributed by atoms with E-state index in [1.165, 1.54) is 29.9 Å². The number of benzene rings is 2. The summed E-state index contributed by atoms with van der Waals surface area (Å²) in [6.07, 6.45) is 2.39. The molecule has 12 heteroatoms. The predicted molar refractivity (Wildman–Crippen MR) is 168 cm³/mol. The molecule has 0 radical (unpaired) electrons. The van der Waals surface area contributed by atoms with Gasteiger partial charge in [-0.3, -0.25) is 14.6 Å². The highest BCUT2D eigenvalue weighted by Gasteiger charge is 2.30. The summed E-state index contributed by atoms with van der Waals surface area (Å²) in [5.41, 5.74) is 1.86. The monoisotopic (exact) mass is 658 g/mol. The van der Waals surface area contributed by atoms with Crippen LogP contribution in [0.1, 0.15) is 47.6 Å². The van der Waals surface area contributed by atoms with E-state index < -0.39 is 0 Å². The van der Waals surface area contributed by atoms with E-state index in [1.807, 2.05) is 4.90 Å². The zero-order valence-corrected chi connectivity index (χ0v) is 27.0. The number of likely N-dealkylation sites (tertiary alicyclic amines) is 1. The van der Waals surface area contributed by atoms with Gasteiger partial charge < -0.3 is 24.4 Å². The number of aromatic nitrogens is 2. The van der Waals surface area contributed by atoms with E-state index >= 15 is 0 Å². The summed E-state index contributed by atoms with van der Waals surface area (Å²) in [4.78, 5) is 24.8. The Hall–Kier alpha value is -2.93. The number of halogens is 1. The van der Waals surface area contributed by atoms with Gasteiger partial charge in [-0.05, 0) is 56.1 Å². The van der Waals surface area contributed by atoms with Crippen LogP contribution in [0.5, 0.6) is 17.2 Å². The zero-order chi connectivity index (χ0) is 29.6. The highest BCUT2D eigenvalue weighted by Crippen LogP contribution is 2.38. The van der Waals surface area contributed by atoms with Gasteiger partial charge in [-0.25, -0.2) is 4.98 Å². The topological polar surface area (TPSA) is 92.3 Å². The lowest BCUT2D eigenvalue weighted by atomic mass is 10.1. The number of nitrogens with one attached hydrogen (secondary N) is 1. The second-order valence-electron chi connectivity index (χ2n) is 10.6. The Bertz CT molecular complexity index is 1320. The number of nitrogens with zero attached hydrogens (tertiary/aromatic N) is 5. The van der Waals surface area contributed by atoms with Gasteiger partial charge in [0, 0.05) is 66.4 Å². The number of methoxy groups -OCH3 is 3. The summed E-state index contributed by atoms with van der Waals surface area (Å²) in [7, 11) is 4.65. The summed E-state index contributed by atoms with van der Waals surface area (Å²) in [6.45, 7) is 7.68. The summed E-state index contributed by atoms with van der Waals surface area (Å²) in [5.74, 6) is 2.18. The predicted octanol–water partition coefficient (Wildman–Crippen LogP) is 4.92. The molecule has 2 fully saturated rings. The zero-order valence-electron chi connectivity index (χ0n) is 24.6. The van der Waals surface area contributed by atoms with E-state index in [0.29, 0.717) is 54.5 Å². The third-order valence-electron chi connectivity index (χ3n) is 8.17. The van der Waals surface area contributed by atoms with Crippen LogP contribution in [0.25, 0.3) is 0 Å². The van der Waals surface area contributed by atoms with Gasteiger partial charge in [-0.1, -0.05) is 28.1 Å². The number of rotatable bonds is 11. The number of amides is 1. The highest BCUT2D eigenvalue weighted by molar-refractivity contribution is 9.10. The van der Waals surface area contributed by atoms with E-state index in [4.69, 9.17) is 19.2 Å². The standard InChI is InChI=1S/C30H39BrN6O4S/c1-20(21-7-9-23(31)10-8-21)37-11-5-6-24(37)18-32-30-33-27(34-42-30)19-35-12-14-36(15-13-35)29(38)22-16-25(39-2)28(41-4)26(17-22)40-3/h7-10,16-17,20,24H,5-6,11-15,18-19H2,1-4H3,(H,32,33,34)/t20-,24-/m0/s1. The Morgan fingerprint density at radius 1 is 1.05 bits per heavy atom. The average molecular weight is 660 g/mol. The Labute approximate surface area is 260 Å². The maximum atomic E-state index is 13.3. The molecule has 0 spiro atoms. The smallest absolute Gasteiger partial charge is 0.254 e. The number of hydrogen-bond acceptors (Lipinski definition) is 10. The molecule has 3 heterocycles. The molecule has 0 bridgehead atoms. The van der Waals surface area contributed by atoms with Gasteiger partial charge in [-0.15, -0.1) is 0 Å². The average Bonchev–Trinajstić information content (AvgIpc) is 3.68. The molecule has 1 amide bonds. The van der Waals surface area contributed by atoms with Gasteiger partial charge in [0.15, 0.2) is 17.3 Å². The van der Waals surface area contributed by atoms with Crippen molar-refractivity contribution in [2.45, 2.75) is 38.4 Å². The minimum atomic E-state index is -0.0532. The van der Waals surface area contributed by atoms with Crippen molar-refractivity contribution in [2.75, 3.05) is 65.9 Å². The fourth-order valence-corrected chi connectivity index (χ4v) is 6.66. The van der Waals surface area contributed by atoms with Gasteiger partial charge in [0.25, 0.3) is 5.91 Å². The van der Waals surface area contributed by atoms with Crippen molar-refractivity contribution in [3.63, 3.8) is 0 Å². The van der Waals surface area contributed by atoms with Crippen LogP contribution in [-0.2, 0) is 6.54 Å². The van der Waals surface area contributed by atoms with Crippen LogP contribution < -0.4 is 19.5 Å². The van der Waals surface area contributed by atoms with Crippen molar-refractivity contribution in [3.05, 3.63) is 57.8 Å². The summed E-state index contributed by atoms with van der Waals surface area (Å²) < 4.78 is 21.9. The minimum Gasteiger partial charge on any atom is -0.493 e. The minimum absolute atomic E-state index is 0.0532.